The van der Waals surface area contributed by atoms with Gasteiger partial charge in [-0.05, 0) is 24.6 Å². The monoisotopic (exact) mass is 205 g/mol. The molecule has 0 aliphatic carbocycles. The second-order valence-electron chi connectivity index (χ2n) is 3.10. The van der Waals surface area contributed by atoms with Crippen molar-refractivity contribution in [2.45, 2.75) is 19.6 Å². The molecule has 0 bridgehead atoms. The van der Waals surface area contributed by atoms with Crippen molar-refractivity contribution in [2.75, 3.05) is 0 Å². The summed E-state index contributed by atoms with van der Waals surface area (Å²) in [6.45, 7) is 1.71. The van der Waals surface area contributed by atoms with Gasteiger partial charge in [-0.25, -0.2) is 4.79 Å². The Balaban J connectivity index is 2.52. The average Bonchev–Trinajstić information content (AvgIpc) is 2.26. The molecular weight excluding hydrogens is 194 g/mol. The number of carbonyl (C=O) groups is 1. The van der Waals surface area contributed by atoms with Crippen LogP contribution in [-0.2, 0) is 16.1 Å². The predicted octanol–water partition coefficient (Wildman–Crippen LogP) is 1.55. The summed E-state index contributed by atoms with van der Waals surface area (Å²) in [5.74, 6) is -0.983. The zero-order chi connectivity index (χ0) is 11.3. The number of carboxylic acid groups (broad SMARTS) is 1. The summed E-state index contributed by atoms with van der Waals surface area (Å²) in [7, 11) is 0. The fourth-order valence-corrected chi connectivity index (χ4v) is 0.968. The van der Waals surface area contributed by atoms with E-state index in [0.29, 0.717) is 5.56 Å². The quantitative estimate of drug-likeness (QED) is 0.809. The van der Waals surface area contributed by atoms with Crippen molar-refractivity contribution in [3.63, 3.8) is 0 Å². The van der Waals surface area contributed by atoms with Crippen LogP contribution >= 0.6 is 0 Å². The number of aliphatic carboxylic acids is 1. The Morgan fingerprint density at radius 3 is 2.60 bits per heavy atom. The van der Waals surface area contributed by atoms with Crippen LogP contribution in [0.1, 0.15) is 18.1 Å². The van der Waals surface area contributed by atoms with Crippen LogP contribution in [0.15, 0.2) is 24.3 Å². The summed E-state index contributed by atoms with van der Waals surface area (Å²) < 4.78 is 5.08. The Bertz CT molecular complexity index is 378. The SMILES string of the molecule is CC(OCc1ccc(C#N)cc1)C(=O)O. The summed E-state index contributed by atoms with van der Waals surface area (Å²) in [6.07, 6.45) is -0.819. The molecule has 1 aromatic carbocycles. The van der Waals surface area contributed by atoms with Crippen molar-refractivity contribution in [3.05, 3.63) is 35.4 Å². The molecule has 0 aliphatic heterocycles. The summed E-state index contributed by atoms with van der Waals surface area (Å²) >= 11 is 0. The fraction of sp³-hybridized carbons (Fsp3) is 0.273. The summed E-state index contributed by atoms with van der Waals surface area (Å²) in [5.41, 5.74) is 1.42. The van der Waals surface area contributed by atoms with Crippen LogP contribution in [0.4, 0.5) is 0 Å². The molecule has 0 aliphatic rings. The lowest BCUT2D eigenvalue weighted by atomic mass is 10.1. The molecule has 1 atom stereocenters. The van der Waals surface area contributed by atoms with Gasteiger partial charge >= 0.3 is 5.97 Å². The van der Waals surface area contributed by atoms with E-state index in [4.69, 9.17) is 15.1 Å². The molecule has 1 N–H and O–H groups in total. The number of ether oxygens (including phenoxy) is 1. The van der Waals surface area contributed by atoms with Gasteiger partial charge in [-0.3, -0.25) is 0 Å². The first-order chi connectivity index (χ1) is 7.13. The van der Waals surface area contributed by atoms with Gasteiger partial charge < -0.3 is 9.84 Å². The second kappa shape index (κ2) is 5.13. The third-order valence-electron chi connectivity index (χ3n) is 1.93. The highest BCUT2D eigenvalue weighted by atomic mass is 16.5. The Hall–Kier alpha value is -1.86. The van der Waals surface area contributed by atoms with Crippen LogP contribution in [0.5, 0.6) is 0 Å². The average molecular weight is 205 g/mol. The second-order valence-corrected chi connectivity index (χ2v) is 3.10. The molecule has 4 heteroatoms. The number of hydrogen-bond donors (Lipinski definition) is 1. The molecule has 1 unspecified atom stereocenters. The lowest BCUT2D eigenvalue weighted by molar-refractivity contribution is -0.149. The van der Waals surface area contributed by atoms with Gasteiger partial charge in [-0.15, -0.1) is 0 Å². The van der Waals surface area contributed by atoms with Gasteiger partial charge in [0.2, 0.25) is 0 Å². The Kier molecular flexibility index (Phi) is 3.83. The fourth-order valence-electron chi connectivity index (χ4n) is 0.968. The summed E-state index contributed by atoms with van der Waals surface area (Å²) in [5, 5.41) is 17.1. The summed E-state index contributed by atoms with van der Waals surface area (Å²) in [6, 6.07) is 8.83. The normalized spacial score (nSPS) is 11.7. The standard InChI is InChI=1S/C11H11NO3/c1-8(11(13)14)15-7-10-4-2-9(6-12)3-5-10/h2-5,8H,7H2,1H3,(H,13,14). The van der Waals surface area contributed by atoms with E-state index in [1.807, 2.05) is 6.07 Å². The van der Waals surface area contributed by atoms with Crippen LogP contribution in [0, 0.1) is 11.3 Å². The molecule has 0 heterocycles. The van der Waals surface area contributed by atoms with Gasteiger partial charge in [-0.1, -0.05) is 12.1 Å². The predicted molar refractivity (Wildman–Crippen MR) is 53.0 cm³/mol. The maximum absolute atomic E-state index is 10.5. The molecule has 1 rings (SSSR count). The zero-order valence-electron chi connectivity index (χ0n) is 8.30. The first kappa shape index (κ1) is 11.2. The third-order valence-corrected chi connectivity index (χ3v) is 1.93. The van der Waals surface area contributed by atoms with Gasteiger partial charge in [0, 0.05) is 0 Å². The molecule has 78 valence electrons. The molecule has 0 radical (unpaired) electrons. The lowest BCUT2D eigenvalue weighted by Crippen LogP contribution is -2.19. The van der Waals surface area contributed by atoms with E-state index in [1.54, 1.807) is 24.3 Å². The number of hydrogen-bond acceptors (Lipinski definition) is 3. The van der Waals surface area contributed by atoms with Crippen molar-refractivity contribution in [1.29, 1.82) is 5.26 Å². The van der Waals surface area contributed by atoms with Crippen molar-refractivity contribution in [3.8, 4) is 6.07 Å². The van der Waals surface area contributed by atoms with Crippen molar-refractivity contribution in [2.24, 2.45) is 0 Å². The molecule has 15 heavy (non-hydrogen) atoms. The minimum absolute atomic E-state index is 0.235. The van der Waals surface area contributed by atoms with Gasteiger partial charge in [0.15, 0.2) is 6.10 Å². The van der Waals surface area contributed by atoms with Crippen LogP contribution in [0.25, 0.3) is 0 Å². The first-order valence-corrected chi connectivity index (χ1v) is 4.47. The molecule has 0 spiro atoms. The van der Waals surface area contributed by atoms with Gasteiger partial charge in [0.1, 0.15) is 0 Å². The Morgan fingerprint density at radius 1 is 1.53 bits per heavy atom. The topological polar surface area (TPSA) is 70.3 Å². The zero-order valence-corrected chi connectivity index (χ0v) is 8.30. The van der Waals surface area contributed by atoms with E-state index in [1.165, 1.54) is 6.92 Å². The number of rotatable bonds is 4. The van der Waals surface area contributed by atoms with E-state index in [9.17, 15) is 4.79 Å². The third kappa shape index (κ3) is 3.41. The van der Waals surface area contributed by atoms with Gasteiger partial charge in [0.05, 0.1) is 18.2 Å². The molecule has 0 amide bonds. The van der Waals surface area contributed by atoms with Crippen molar-refractivity contribution in [1.82, 2.24) is 0 Å². The van der Waals surface area contributed by atoms with Gasteiger partial charge in [-0.2, -0.15) is 5.26 Å². The number of nitrogens with zero attached hydrogens (tertiary/aromatic N) is 1. The van der Waals surface area contributed by atoms with Gasteiger partial charge in [0.25, 0.3) is 0 Å². The minimum Gasteiger partial charge on any atom is -0.479 e. The Labute approximate surface area is 87.7 Å². The maximum Gasteiger partial charge on any atom is 0.332 e. The van der Waals surface area contributed by atoms with Crippen LogP contribution in [-0.4, -0.2) is 17.2 Å². The van der Waals surface area contributed by atoms with Crippen LogP contribution < -0.4 is 0 Å². The molecule has 0 aromatic heterocycles. The lowest BCUT2D eigenvalue weighted by Gasteiger charge is -2.07. The summed E-state index contributed by atoms with van der Waals surface area (Å²) in [4.78, 5) is 10.5. The highest BCUT2D eigenvalue weighted by molar-refractivity contribution is 5.71. The largest absolute Gasteiger partial charge is 0.479 e. The smallest absolute Gasteiger partial charge is 0.332 e. The van der Waals surface area contributed by atoms with E-state index in [2.05, 4.69) is 0 Å². The molecular formula is C11H11NO3. The molecule has 1 aromatic rings. The number of benzene rings is 1. The van der Waals surface area contributed by atoms with Crippen LogP contribution in [0.2, 0.25) is 0 Å². The van der Waals surface area contributed by atoms with E-state index < -0.39 is 12.1 Å². The maximum atomic E-state index is 10.5. The van der Waals surface area contributed by atoms with Crippen molar-refractivity contribution < 1.29 is 14.6 Å². The minimum atomic E-state index is -0.983. The highest BCUT2D eigenvalue weighted by Gasteiger charge is 2.10. The van der Waals surface area contributed by atoms with Crippen LogP contribution in [0.3, 0.4) is 0 Å². The van der Waals surface area contributed by atoms with Crippen molar-refractivity contribution >= 4 is 5.97 Å². The first-order valence-electron chi connectivity index (χ1n) is 4.47. The molecule has 0 fully saturated rings. The van der Waals surface area contributed by atoms with E-state index in [0.717, 1.165) is 5.56 Å². The Morgan fingerprint density at radius 2 is 2.13 bits per heavy atom. The molecule has 0 saturated carbocycles. The number of carboxylic acids is 1. The molecule has 4 nitrogen and oxygen atoms in total. The number of nitriles is 1. The highest BCUT2D eigenvalue weighted by Crippen LogP contribution is 2.06. The van der Waals surface area contributed by atoms with E-state index in [-0.39, 0.29) is 6.61 Å². The van der Waals surface area contributed by atoms with E-state index >= 15 is 0 Å². The molecule has 0 saturated heterocycles.